The van der Waals surface area contributed by atoms with Gasteiger partial charge in [-0.3, -0.25) is 0 Å². The monoisotopic (exact) mass is 355 g/mol. The van der Waals surface area contributed by atoms with Crippen molar-refractivity contribution >= 4 is 11.0 Å². The Bertz CT molecular complexity index is 937. The minimum atomic E-state index is -0.379. The number of fused-ring (bicyclic) bond motifs is 1. The second-order valence-corrected chi connectivity index (χ2v) is 7.52. The summed E-state index contributed by atoms with van der Waals surface area (Å²) in [6.45, 7) is 4.26. The van der Waals surface area contributed by atoms with Crippen LogP contribution in [0.15, 0.2) is 16.7 Å². The summed E-state index contributed by atoms with van der Waals surface area (Å²) in [7, 11) is 0. The van der Waals surface area contributed by atoms with E-state index in [0.29, 0.717) is 23.0 Å². The zero-order chi connectivity index (χ0) is 17.7. The molecule has 0 bridgehead atoms. The molecule has 0 amide bonds. The molecule has 6 nitrogen and oxygen atoms in total. The van der Waals surface area contributed by atoms with Crippen LogP contribution in [-0.2, 0) is 0 Å². The van der Waals surface area contributed by atoms with Crippen molar-refractivity contribution in [2.45, 2.75) is 51.0 Å². The molecular formula is C19H22FN5O. The predicted molar refractivity (Wildman–Crippen MR) is 95.3 cm³/mol. The molecule has 1 aliphatic heterocycles. The maximum atomic E-state index is 14.4. The molecule has 1 aliphatic carbocycles. The predicted octanol–water partition coefficient (Wildman–Crippen LogP) is 3.79. The first-order valence-corrected chi connectivity index (χ1v) is 9.42. The largest absolute Gasteiger partial charge is 0.342 e. The molecule has 7 heteroatoms. The Morgan fingerprint density at radius 1 is 1.15 bits per heavy atom. The average molecular weight is 355 g/mol. The second kappa shape index (κ2) is 6.16. The van der Waals surface area contributed by atoms with Crippen LogP contribution in [0.5, 0.6) is 0 Å². The van der Waals surface area contributed by atoms with E-state index in [2.05, 4.69) is 25.0 Å². The lowest BCUT2D eigenvalue weighted by molar-refractivity contribution is 0.0783. The Hall–Kier alpha value is -2.28. The van der Waals surface area contributed by atoms with Gasteiger partial charge in [0.25, 0.3) is 0 Å². The van der Waals surface area contributed by atoms with Crippen molar-refractivity contribution in [1.29, 1.82) is 0 Å². The van der Waals surface area contributed by atoms with Crippen LogP contribution in [0.3, 0.4) is 0 Å². The standard InChI is InChI=1S/C19H22FN5O/c1-11-21-15-6-5-14(20)16(17(15)22-11)18-23-19(26-24-18)12-9-13(10-12)25-7-3-2-4-8-25/h5-6,12-13H,2-4,7-10H2,1H3,(H,21,22)/t12-,13+. The van der Waals surface area contributed by atoms with E-state index in [1.807, 2.05) is 6.92 Å². The number of nitrogens with one attached hydrogen (secondary N) is 1. The first-order valence-electron chi connectivity index (χ1n) is 9.42. The molecule has 0 spiro atoms. The number of hydrogen-bond donors (Lipinski definition) is 1. The molecule has 0 atom stereocenters. The lowest BCUT2D eigenvalue weighted by Gasteiger charge is -2.43. The third kappa shape index (κ3) is 2.61. The van der Waals surface area contributed by atoms with E-state index in [1.165, 1.54) is 38.4 Å². The number of halogens is 1. The number of nitrogens with zero attached hydrogens (tertiary/aromatic N) is 4. The van der Waals surface area contributed by atoms with Gasteiger partial charge in [-0.2, -0.15) is 4.98 Å². The zero-order valence-electron chi connectivity index (χ0n) is 14.8. The number of imidazole rings is 1. The maximum Gasteiger partial charge on any atom is 0.230 e. The highest BCUT2D eigenvalue weighted by Crippen LogP contribution is 2.40. The van der Waals surface area contributed by atoms with Gasteiger partial charge >= 0.3 is 0 Å². The summed E-state index contributed by atoms with van der Waals surface area (Å²) < 4.78 is 19.9. The summed E-state index contributed by atoms with van der Waals surface area (Å²) in [4.78, 5) is 14.6. The topological polar surface area (TPSA) is 70.8 Å². The Morgan fingerprint density at radius 2 is 1.96 bits per heavy atom. The van der Waals surface area contributed by atoms with E-state index >= 15 is 0 Å². The number of likely N-dealkylation sites (tertiary alicyclic amines) is 1. The van der Waals surface area contributed by atoms with Gasteiger partial charge in [-0.25, -0.2) is 9.37 Å². The van der Waals surface area contributed by atoms with Crippen LogP contribution in [0.2, 0.25) is 0 Å². The van der Waals surface area contributed by atoms with Gasteiger partial charge in [-0.1, -0.05) is 11.6 Å². The van der Waals surface area contributed by atoms with Gasteiger partial charge in [-0.15, -0.1) is 0 Å². The highest BCUT2D eigenvalue weighted by Gasteiger charge is 2.38. The molecule has 3 aromatic rings. The number of aryl methyl sites for hydroxylation is 1. The van der Waals surface area contributed by atoms with Crippen molar-refractivity contribution in [3.8, 4) is 11.4 Å². The van der Waals surface area contributed by atoms with E-state index in [0.717, 1.165) is 24.2 Å². The van der Waals surface area contributed by atoms with Gasteiger partial charge in [0.2, 0.25) is 11.7 Å². The summed E-state index contributed by atoms with van der Waals surface area (Å²) in [6.07, 6.45) is 6.06. The van der Waals surface area contributed by atoms with Crippen LogP contribution >= 0.6 is 0 Å². The van der Waals surface area contributed by atoms with Crippen LogP contribution in [0.4, 0.5) is 4.39 Å². The van der Waals surface area contributed by atoms with E-state index in [9.17, 15) is 4.39 Å². The van der Waals surface area contributed by atoms with Gasteiger partial charge in [0.1, 0.15) is 17.2 Å². The molecule has 1 aromatic carbocycles. The lowest BCUT2D eigenvalue weighted by atomic mass is 9.78. The van der Waals surface area contributed by atoms with Crippen molar-refractivity contribution in [2.24, 2.45) is 0 Å². The van der Waals surface area contributed by atoms with Gasteiger partial charge in [0.15, 0.2) is 0 Å². The quantitative estimate of drug-likeness (QED) is 0.774. The minimum Gasteiger partial charge on any atom is -0.342 e. The maximum absolute atomic E-state index is 14.4. The third-order valence-electron chi connectivity index (χ3n) is 5.76. The number of aromatic amines is 1. The first-order chi connectivity index (χ1) is 12.7. The number of rotatable bonds is 3. The van der Waals surface area contributed by atoms with Gasteiger partial charge in [0.05, 0.1) is 11.1 Å². The lowest BCUT2D eigenvalue weighted by Crippen LogP contribution is -2.46. The number of benzene rings is 1. The Morgan fingerprint density at radius 3 is 2.77 bits per heavy atom. The Balaban J connectivity index is 1.37. The Kier molecular flexibility index (Phi) is 3.77. The first kappa shape index (κ1) is 15.9. The molecule has 0 radical (unpaired) electrons. The number of H-pyrrole nitrogens is 1. The minimum absolute atomic E-state index is 0.284. The molecule has 3 heterocycles. The second-order valence-electron chi connectivity index (χ2n) is 7.52. The molecular weight excluding hydrogens is 333 g/mol. The highest BCUT2D eigenvalue weighted by atomic mass is 19.1. The Labute approximate surface area is 150 Å². The fourth-order valence-electron chi connectivity index (χ4n) is 4.26. The summed E-state index contributed by atoms with van der Waals surface area (Å²) in [5, 5.41) is 4.05. The number of hydrogen-bond acceptors (Lipinski definition) is 5. The molecule has 0 unspecified atom stereocenters. The van der Waals surface area contributed by atoms with Crippen LogP contribution in [0.25, 0.3) is 22.4 Å². The van der Waals surface area contributed by atoms with E-state index in [4.69, 9.17) is 4.52 Å². The van der Waals surface area contributed by atoms with Crippen LogP contribution in [0, 0.1) is 12.7 Å². The zero-order valence-corrected chi connectivity index (χ0v) is 14.8. The van der Waals surface area contributed by atoms with Crippen LogP contribution < -0.4 is 0 Å². The smallest absolute Gasteiger partial charge is 0.230 e. The fourth-order valence-corrected chi connectivity index (χ4v) is 4.26. The summed E-state index contributed by atoms with van der Waals surface area (Å²) in [5.41, 5.74) is 1.64. The molecule has 1 saturated heterocycles. The number of aromatic nitrogens is 4. The average Bonchev–Trinajstić information content (AvgIpc) is 3.21. The molecule has 2 aromatic heterocycles. The summed E-state index contributed by atoms with van der Waals surface area (Å²) in [5.74, 6) is 1.55. The van der Waals surface area contributed by atoms with E-state index < -0.39 is 0 Å². The molecule has 136 valence electrons. The highest BCUT2D eigenvalue weighted by molar-refractivity contribution is 5.90. The SMILES string of the molecule is Cc1nc2c(-c3noc([C@H]4C[C@@H](N5CCCCC5)C4)n3)c(F)ccc2[nH]1. The molecule has 2 fully saturated rings. The summed E-state index contributed by atoms with van der Waals surface area (Å²) in [6, 6.07) is 3.73. The molecule has 2 aliphatic rings. The fraction of sp³-hybridized carbons (Fsp3) is 0.526. The van der Waals surface area contributed by atoms with Crippen molar-refractivity contribution in [3.63, 3.8) is 0 Å². The van der Waals surface area contributed by atoms with Crippen LogP contribution in [0.1, 0.15) is 49.7 Å². The van der Waals surface area contributed by atoms with Crippen molar-refractivity contribution in [3.05, 3.63) is 29.7 Å². The molecule has 1 saturated carbocycles. The van der Waals surface area contributed by atoms with Gasteiger partial charge in [0, 0.05) is 12.0 Å². The normalized spacial score (nSPS) is 24.1. The molecule has 5 rings (SSSR count). The third-order valence-corrected chi connectivity index (χ3v) is 5.76. The van der Waals surface area contributed by atoms with Gasteiger partial charge in [-0.05, 0) is 57.8 Å². The summed E-state index contributed by atoms with van der Waals surface area (Å²) >= 11 is 0. The van der Waals surface area contributed by atoms with Crippen molar-refractivity contribution in [1.82, 2.24) is 25.0 Å². The van der Waals surface area contributed by atoms with Crippen molar-refractivity contribution < 1.29 is 8.91 Å². The van der Waals surface area contributed by atoms with Crippen molar-refractivity contribution in [2.75, 3.05) is 13.1 Å². The molecule has 1 N–H and O–H groups in total. The van der Waals surface area contributed by atoms with E-state index in [-0.39, 0.29) is 17.6 Å². The van der Waals surface area contributed by atoms with Crippen LogP contribution in [-0.4, -0.2) is 44.1 Å². The number of piperidine rings is 1. The van der Waals surface area contributed by atoms with Gasteiger partial charge < -0.3 is 14.4 Å². The molecule has 26 heavy (non-hydrogen) atoms. The van der Waals surface area contributed by atoms with E-state index in [1.54, 1.807) is 6.07 Å².